The summed E-state index contributed by atoms with van der Waals surface area (Å²) >= 11 is 7.27. The number of carbonyl (C=O) groups is 2. The van der Waals surface area contributed by atoms with Crippen molar-refractivity contribution in [2.75, 3.05) is 26.4 Å². The van der Waals surface area contributed by atoms with E-state index in [0.29, 0.717) is 37.6 Å². The topological polar surface area (TPSA) is 71.1 Å². The maximum atomic E-state index is 11.4. The van der Waals surface area contributed by atoms with Crippen molar-refractivity contribution in [2.45, 2.75) is 78.4 Å². The lowest BCUT2D eigenvalue weighted by Crippen LogP contribution is -2.06. The molecule has 258 valence electrons. The van der Waals surface area contributed by atoms with Gasteiger partial charge in [0.1, 0.15) is 0 Å². The van der Waals surface area contributed by atoms with Crippen LogP contribution >= 0.6 is 45.3 Å². The molecule has 10 heteroatoms. The quantitative estimate of drug-likeness (QED) is 0.0430. The van der Waals surface area contributed by atoms with E-state index < -0.39 is 0 Å². The average molecular weight is 727 g/mol. The zero-order chi connectivity index (χ0) is 34.1. The van der Waals surface area contributed by atoms with E-state index in [1.54, 1.807) is 36.5 Å². The molecule has 0 aliphatic carbocycles. The van der Waals surface area contributed by atoms with Crippen molar-refractivity contribution in [3.05, 3.63) is 82.6 Å². The van der Waals surface area contributed by atoms with Gasteiger partial charge in [-0.25, -0.2) is 9.59 Å². The Hall–Kier alpha value is -2.86. The van der Waals surface area contributed by atoms with E-state index in [2.05, 4.69) is 61.7 Å². The molecular formula is C38H46O6S4. The lowest BCUT2D eigenvalue weighted by atomic mass is 10.2. The van der Waals surface area contributed by atoms with E-state index in [4.69, 9.17) is 18.9 Å². The molecule has 4 aromatic heterocycles. The lowest BCUT2D eigenvalue weighted by molar-refractivity contribution is -0.139. The Kier molecular flexibility index (Phi) is 16.3. The number of ether oxygens (including phenoxy) is 4. The van der Waals surface area contributed by atoms with Crippen molar-refractivity contribution < 1.29 is 28.5 Å². The Bertz CT molecular complexity index is 1490. The van der Waals surface area contributed by atoms with Gasteiger partial charge in [-0.2, -0.15) is 0 Å². The Morgan fingerprint density at radius 3 is 1.15 bits per heavy atom. The first-order chi connectivity index (χ1) is 23.3. The maximum Gasteiger partial charge on any atom is 0.333 e. The largest absolute Gasteiger partial charge is 0.462 e. The monoisotopic (exact) mass is 726 g/mol. The van der Waals surface area contributed by atoms with E-state index in [-0.39, 0.29) is 11.9 Å². The van der Waals surface area contributed by atoms with E-state index in [1.807, 2.05) is 22.7 Å². The standard InChI is InChI=1S/C38H46O6S4/c1-27(2)37(39)43-23-11-7-5-9-21-41-25-29-13-15-31(45-29)33-17-19-35(47-33)36-20-18-34(48-36)32-16-14-30(46-32)26-42-22-10-6-8-12-24-44-38(40)28(3)4/h13-20H,1,3,5-12,21-26H2,2,4H3. The second-order valence-electron chi connectivity index (χ2n) is 11.6. The first kappa shape index (κ1) is 38.0. The molecule has 0 spiro atoms. The highest BCUT2D eigenvalue weighted by Gasteiger charge is 2.12. The minimum atomic E-state index is -0.308. The third-order valence-electron chi connectivity index (χ3n) is 7.28. The van der Waals surface area contributed by atoms with E-state index in [1.165, 1.54) is 39.0 Å². The molecule has 0 aliphatic heterocycles. The first-order valence-electron chi connectivity index (χ1n) is 16.5. The molecule has 0 fully saturated rings. The highest BCUT2D eigenvalue weighted by molar-refractivity contribution is 7.28. The smallest absolute Gasteiger partial charge is 0.333 e. The summed E-state index contributed by atoms with van der Waals surface area (Å²) in [4.78, 5) is 32.9. The molecular weight excluding hydrogens is 681 g/mol. The fourth-order valence-electron chi connectivity index (χ4n) is 4.62. The van der Waals surface area contributed by atoms with Gasteiger partial charge in [-0.15, -0.1) is 45.3 Å². The van der Waals surface area contributed by atoms with E-state index >= 15 is 0 Å². The fourth-order valence-corrected chi connectivity index (χ4v) is 8.80. The number of rotatable bonds is 23. The van der Waals surface area contributed by atoms with Crippen LogP contribution in [0.4, 0.5) is 0 Å². The molecule has 0 unspecified atom stereocenters. The molecule has 0 radical (unpaired) electrons. The van der Waals surface area contributed by atoms with Gasteiger partial charge in [0.25, 0.3) is 0 Å². The number of hydrogen-bond donors (Lipinski definition) is 0. The summed E-state index contributed by atoms with van der Waals surface area (Å²) in [5.41, 5.74) is 0.891. The summed E-state index contributed by atoms with van der Waals surface area (Å²) in [5, 5.41) is 0. The van der Waals surface area contributed by atoms with Crippen LogP contribution in [-0.4, -0.2) is 38.4 Å². The molecule has 4 heterocycles. The van der Waals surface area contributed by atoms with Crippen molar-refractivity contribution in [2.24, 2.45) is 0 Å². The molecule has 0 atom stereocenters. The predicted octanol–water partition coefficient (Wildman–Crippen LogP) is 11.3. The number of esters is 2. The maximum absolute atomic E-state index is 11.4. The van der Waals surface area contributed by atoms with Gasteiger partial charge >= 0.3 is 11.9 Å². The molecule has 4 rings (SSSR count). The van der Waals surface area contributed by atoms with Gasteiger partial charge < -0.3 is 18.9 Å². The molecule has 6 nitrogen and oxygen atoms in total. The van der Waals surface area contributed by atoms with Crippen molar-refractivity contribution in [1.29, 1.82) is 0 Å². The van der Waals surface area contributed by atoms with Gasteiger partial charge in [0, 0.05) is 63.4 Å². The Morgan fingerprint density at radius 1 is 0.479 bits per heavy atom. The summed E-state index contributed by atoms with van der Waals surface area (Å²) in [6.07, 6.45) is 7.92. The summed E-state index contributed by atoms with van der Waals surface area (Å²) < 4.78 is 22.1. The highest BCUT2D eigenvalue weighted by Crippen LogP contribution is 2.43. The van der Waals surface area contributed by atoms with Crippen molar-refractivity contribution in [1.82, 2.24) is 0 Å². The molecule has 0 saturated heterocycles. The van der Waals surface area contributed by atoms with Crippen LogP contribution < -0.4 is 0 Å². The van der Waals surface area contributed by atoms with Gasteiger partial charge in [-0.1, -0.05) is 26.0 Å². The zero-order valence-electron chi connectivity index (χ0n) is 28.0. The predicted molar refractivity (Wildman–Crippen MR) is 202 cm³/mol. The summed E-state index contributed by atoms with van der Waals surface area (Å²) in [6, 6.07) is 17.6. The second-order valence-corrected chi connectivity index (χ2v) is 16.1. The van der Waals surface area contributed by atoms with Crippen molar-refractivity contribution in [3.63, 3.8) is 0 Å². The normalized spacial score (nSPS) is 11.1. The second kappa shape index (κ2) is 20.6. The molecule has 0 amide bonds. The van der Waals surface area contributed by atoms with Gasteiger partial charge in [0.15, 0.2) is 0 Å². The SMILES string of the molecule is C=C(C)C(=O)OCCCCCCOCc1ccc(-c2ccc(-c3ccc(-c4ccc(COCCCCCCOC(=O)C(=C)C)s4)s3)s2)s1. The summed E-state index contributed by atoms with van der Waals surface area (Å²) in [5.74, 6) is -0.616. The molecule has 0 saturated carbocycles. The summed E-state index contributed by atoms with van der Waals surface area (Å²) in [7, 11) is 0. The molecule has 48 heavy (non-hydrogen) atoms. The Balaban J connectivity index is 1.12. The molecule has 4 aromatic rings. The van der Waals surface area contributed by atoms with Crippen LogP contribution in [0.25, 0.3) is 29.3 Å². The van der Waals surface area contributed by atoms with Gasteiger partial charge in [0.05, 0.1) is 26.4 Å². The highest BCUT2D eigenvalue weighted by atomic mass is 32.1. The average Bonchev–Trinajstić information content (AvgIpc) is 3.89. The van der Waals surface area contributed by atoms with E-state index in [9.17, 15) is 9.59 Å². The third-order valence-corrected chi connectivity index (χ3v) is 12.2. The number of carbonyl (C=O) groups excluding carboxylic acids is 2. The Morgan fingerprint density at radius 2 is 0.792 bits per heavy atom. The number of thiophene rings is 4. The minimum absolute atomic E-state index is 0.308. The Labute approximate surface area is 301 Å². The number of hydrogen-bond acceptors (Lipinski definition) is 10. The fraction of sp³-hybridized carbons (Fsp3) is 0.421. The van der Waals surface area contributed by atoms with Crippen LogP contribution in [0.3, 0.4) is 0 Å². The third kappa shape index (κ3) is 12.9. The van der Waals surface area contributed by atoms with Crippen molar-refractivity contribution in [3.8, 4) is 29.3 Å². The van der Waals surface area contributed by atoms with Gasteiger partial charge in [0.2, 0.25) is 0 Å². The molecule has 0 aliphatic rings. The first-order valence-corrected chi connectivity index (χ1v) is 19.8. The van der Waals surface area contributed by atoms with Crippen molar-refractivity contribution >= 4 is 57.3 Å². The van der Waals surface area contributed by atoms with Gasteiger partial charge in [-0.05, 0) is 101 Å². The lowest BCUT2D eigenvalue weighted by Gasteiger charge is -2.05. The van der Waals surface area contributed by atoms with E-state index in [0.717, 1.165) is 64.6 Å². The summed E-state index contributed by atoms with van der Waals surface area (Å²) in [6.45, 7) is 14.2. The van der Waals surface area contributed by atoms with Crippen LogP contribution in [0.2, 0.25) is 0 Å². The number of unbranched alkanes of at least 4 members (excludes halogenated alkanes) is 6. The molecule has 0 aromatic carbocycles. The van der Waals surface area contributed by atoms with Crippen LogP contribution in [0.15, 0.2) is 72.8 Å². The zero-order valence-corrected chi connectivity index (χ0v) is 31.3. The van der Waals surface area contributed by atoms with Crippen LogP contribution in [0.1, 0.15) is 75.0 Å². The molecule has 0 bridgehead atoms. The van der Waals surface area contributed by atoms with Crippen LogP contribution in [-0.2, 0) is 41.8 Å². The van der Waals surface area contributed by atoms with Crippen LogP contribution in [0.5, 0.6) is 0 Å². The minimum Gasteiger partial charge on any atom is -0.462 e. The van der Waals surface area contributed by atoms with Gasteiger partial charge in [-0.3, -0.25) is 0 Å². The van der Waals surface area contributed by atoms with Crippen LogP contribution in [0, 0.1) is 0 Å². The molecule has 0 N–H and O–H groups in total.